The van der Waals surface area contributed by atoms with Crippen molar-refractivity contribution in [3.05, 3.63) is 0 Å². The highest BCUT2D eigenvalue weighted by molar-refractivity contribution is 4.86. The lowest BCUT2D eigenvalue weighted by molar-refractivity contribution is 0.0649. The highest BCUT2D eigenvalue weighted by Crippen LogP contribution is 2.45. The van der Waals surface area contributed by atoms with Crippen LogP contribution in [-0.2, 0) is 4.74 Å². The molecule has 2 saturated carbocycles. The van der Waals surface area contributed by atoms with Crippen molar-refractivity contribution in [3.8, 4) is 0 Å². The Bertz CT molecular complexity index is 336. The number of rotatable bonds is 9. The summed E-state index contributed by atoms with van der Waals surface area (Å²) in [5.74, 6) is 6.55. The van der Waals surface area contributed by atoms with Crippen LogP contribution in [0.25, 0.3) is 0 Å². The van der Waals surface area contributed by atoms with E-state index in [1.165, 1.54) is 70.6 Å². The SMILES string of the molecule is CCCC1CCC([C@H](C)C(CC(C)COC)C2CCC(C)CC2)CC1. The summed E-state index contributed by atoms with van der Waals surface area (Å²) in [5.41, 5.74) is 0. The molecule has 25 heavy (non-hydrogen) atoms. The van der Waals surface area contributed by atoms with Crippen LogP contribution in [0.1, 0.15) is 98.3 Å². The predicted molar refractivity (Wildman–Crippen MR) is 110 cm³/mol. The van der Waals surface area contributed by atoms with Crippen molar-refractivity contribution in [2.24, 2.45) is 41.4 Å². The lowest BCUT2D eigenvalue weighted by Crippen LogP contribution is -2.33. The zero-order valence-electron chi connectivity index (χ0n) is 17.9. The molecule has 2 unspecified atom stereocenters. The van der Waals surface area contributed by atoms with Crippen molar-refractivity contribution in [3.63, 3.8) is 0 Å². The number of ether oxygens (including phenoxy) is 1. The van der Waals surface area contributed by atoms with Crippen molar-refractivity contribution < 1.29 is 4.74 Å². The van der Waals surface area contributed by atoms with Gasteiger partial charge in [0.2, 0.25) is 0 Å². The van der Waals surface area contributed by atoms with E-state index < -0.39 is 0 Å². The maximum absolute atomic E-state index is 5.48. The third kappa shape index (κ3) is 6.56. The fourth-order valence-corrected chi connectivity index (χ4v) is 6.13. The summed E-state index contributed by atoms with van der Waals surface area (Å²) in [4.78, 5) is 0. The fraction of sp³-hybridized carbons (Fsp3) is 1.00. The van der Waals surface area contributed by atoms with Gasteiger partial charge < -0.3 is 4.74 Å². The molecule has 1 nitrogen and oxygen atoms in total. The zero-order chi connectivity index (χ0) is 18.2. The molecule has 2 aliphatic rings. The van der Waals surface area contributed by atoms with Gasteiger partial charge in [-0.05, 0) is 73.5 Å². The van der Waals surface area contributed by atoms with E-state index in [1.54, 1.807) is 0 Å². The molecule has 2 aliphatic carbocycles. The van der Waals surface area contributed by atoms with E-state index in [0.717, 1.165) is 42.1 Å². The first kappa shape index (κ1) is 21.3. The smallest absolute Gasteiger partial charge is 0.0487 e. The molecule has 0 aliphatic heterocycles. The normalized spacial score (nSPS) is 34.4. The first-order valence-corrected chi connectivity index (χ1v) is 11.5. The Morgan fingerprint density at radius 2 is 1.48 bits per heavy atom. The summed E-state index contributed by atoms with van der Waals surface area (Å²) in [5, 5.41) is 0. The summed E-state index contributed by atoms with van der Waals surface area (Å²) < 4.78 is 5.48. The average molecular weight is 351 g/mol. The second-order valence-electron chi connectivity index (χ2n) is 9.91. The summed E-state index contributed by atoms with van der Waals surface area (Å²) in [7, 11) is 1.87. The van der Waals surface area contributed by atoms with Crippen LogP contribution < -0.4 is 0 Å². The summed E-state index contributed by atoms with van der Waals surface area (Å²) in [6, 6.07) is 0. The molecular formula is C24H46O. The standard InChI is InChI=1S/C24H46O/c1-6-7-21-10-14-22(15-11-21)20(4)24(16-19(3)17-25-5)23-12-8-18(2)9-13-23/h18-24H,6-17H2,1-5H3/t18?,19?,20-,21?,22?,23?,24?/m0/s1. The van der Waals surface area contributed by atoms with Crippen LogP contribution in [0.3, 0.4) is 0 Å². The molecule has 2 rings (SSSR count). The zero-order valence-corrected chi connectivity index (χ0v) is 17.9. The molecule has 0 heterocycles. The molecule has 0 aromatic carbocycles. The molecular weight excluding hydrogens is 304 g/mol. The molecule has 0 N–H and O–H groups in total. The Morgan fingerprint density at radius 3 is 2.04 bits per heavy atom. The minimum absolute atomic E-state index is 0.716. The van der Waals surface area contributed by atoms with Crippen LogP contribution in [0.2, 0.25) is 0 Å². The van der Waals surface area contributed by atoms with Crippen LogP contribution in [0, 0.1) is 41.4 Å². The fourth-order valence-electron chi connectivity index (χ4n) is 6.13. The Balaban J connectivity index is 1.95. The second kappa shape index (κ2) is 11.0. The van der Waals surface area contributed by atoms with E-state index in [4.69, 9.17) is 4.74 Å². The van der Waals surface area contributed by atoms with E-state index in [2.05, 4.69) is 27.7 Å². The van der Waals surface area contributed by atoms with Crippen molar-refractivity contribution in [1.82, 2.24) is 0 Å². The first-order valence-electron chi connectivity index (χ1n) is 11.5. The van der Waals surface area contributed by atoms with Gasteiger partial charge in [-0.2, -0.15) is 0 Å². The number of hydrogen-bond donors (Lipinski definition) is 0. The highest BCUT2D eigenvalue weighted by Gasteiger charge is 2.35. The van der Waals surface area contributed by atoms with E-state index in [0.29, 0.717) is 5.92 Å². The summed E-state index contributed by atoms with van der Waals surface area (Å²) in [6.07, 6.45) is 16.2. The lowest BCUT2D eigenvalue weighted by Gasteiger charge is -2.42. The summed E-state index contributed by atoms with van der Waals surface area (Å²) >= 11 is 0. The van der Waals surface area contributed by atoms with Crippen molar-refractivity contribution >= 4 is 0 Å². The van der Waals surface area contributed by atoms with Crippen molar-refractivity contribution in [2.45, 2.75) is 98.3 Å². The van der Waals surface area contributed by atoms with E-state index in [1.807, 2.05) is 7.11 Å². The monoisotopic (exact) mass is 350 g/mol. The Hall–Kier alpha value is -0.0400. The molecule has 0 aromatic rings. The maximum atomic E-state index is 5.48. The predicted octanol–water partition coefficient (Wildman–Crippen LogP) is 7.34. The molecule has 0 saturated heterocycles. The number of methoxy groups -OCH3 is 1. The second-order valence-corrected chi connectivity index (χ2v) is 9.91. The Morgan fingerprint density at radius 1 is 0.880 bits per heavy atom. The lowest BCUT2D eigenvalue weighted by atomic mass is 9.63. The molecule has 0 bridgehead atoms. The van der Waals surface area contributed by atoms with Crippen LogP contribution in [0.4, 0.5) is 0 Å². The third-order valence-electron chi connectivity index (χ3n) is 7.80. The van der Waals surface area contributed by atoms with Crippen LogP contribution >= 0.6 is 0 Å². The van der Waals surface area contributed by atoms with Gasteiger partial charge in [-0.1, -0.05) is 66.2 Å². The van der Waals surface area contributed by atoms with Gasteiger partial charge in [0.15, 0.2) is 0 Å². The minimum atomic E-state index is 0.716. The molecule has 0 amide bonds. The van der Waals surface area contributed by atoms with Gasteiger partial charge >= 0.3 is 0 Å². The van der Waals surface area contributed by atoms with E-state index >= 15 is 0 Å². The highest BCUT2D eigenvalue weighted by atomic mass is 16.5. The van der Waals surface area contributed by atoms with Crippen LogP contribution in [0.5, 0.6) is 0 Å². The average Bonchev–Trinajstić information content (AvgIpc) is 2.61. The van der Waals surface area contributed by atoms with Crippen molar-refractivity contribution in [2.75, 3.05) is 13.7 Å². The molecule has 0 radical (unpaired) electrons. The first-order chi connectivity index (χ1) is 12.0. The topological polar surface area (TPSA) is 9.23 Å². The van der Waals surface area contributed by atoms with Crippen LogP contribution in [-0.4, -0.2) is 13.7 Å². The largest absolute Gasteiger partial charge is 0.384 e. The van der Waals surface area contributed by atoms with Gasteiger partial charge in [-0.3, -0.25) is 0 Å². The van der Waals surface area contributed by atoms with Crippen molar-refractivity contribution in [1.29, 1.82) is 0 Å². The molecule has 2 fully saturated rings. The quantitative estimate of drug-likeness (QED) is 0.422. The molecule has 0 aromatic heterocycles. The Labute approximate surface area is 158 Å². The van der Waals surface area contributed by atoms with Gasteiger partial charge in [0, 0.05) is 13.7 Å². The third-order valence-corrected chi connectivity index (χ3v) is 7.80. The van der Waals surface area contributed by atoms with Gasteiger partial charge in [-0.25, -0.2) is 0 Å². The van der Waals surface area contributed by atoms with Gasteiger partial charge in [0.25, 0.3) is 0 Å². The van der Waals surface area contributed by atoms with Gasteiger partial charge in [0.05, 0.1) is 0 Å². The van der Waals surface area contributed by atoms with E-state index in [-0.39, 0.29) is 0 Å². The minimum Gasteiger partial charge on any atom is -0.384 e. The van der Waals surface area contributed by atoms with Crippen LogP contribution in [0.15, 0.2) is 0 Å². The van der Waals surface area contributed by atoms with Gasteiger partial charge in [0.1, 0.15) is 0 Å². The van der Waals surface area contributed by atoms with Gasteiger partial charge in [-0.15, -0.1) is 0 Å². The molecule has 0 spiro atoms. The Kier molecular flexibility index (Phi) is 9.31. The maximum Gasteiger partial charge on any atom is 0.0487 e. The molecule has 3 atom stereocenters. The summed E-state index contributed by atoms with van der Waals surface area (Å²) in [6.45, 7) is 10.8. The number of hydrogen-bond acceptors (Lipinski definition) is 1. The van der Waals surface area contributed by atoms with E-state index in [9.17, 15) is 0 Å². The molecule has 1 heteroatoms. The molecule has 148 valence electrons.